The second kappa shape index (κ2) is 8.30. The molecule has 2 rings (SSSR count). The van der Waals surface area contributed by atoms with Gasteiger partial charge in [-0.05, 0) is 49.2 Å². The van der Waals surface area contributed by atoms with E-state index in [9.17, 15) is 9.59 Å². The minimum Gasteiger partial charge on any atom is -0.495 e. The molecule has 0 saturated heterocycles. The Morgan fingerprint density at radius 1 is 1.16 bits per heavy atom. The highest BCUT2D eigenvalue weighted by Crippen LogP contribution is 2.25. The Kier molecular flexibility index (Phi) is 6.14. The van der Waals surface area contributed by atoms with E-state index in [0.29, 0.717) is 22.6 Å². The van der Waals surface area contributed by atoms with Crippen LogP contribution in [-0.2, 0) is 16.1 Å². The molecule has 1 atom stereocenters. The van der Waals surface area contributed by atoms with Crippen LogP contribution in [0.15, 0.2) is 42.5 Å². The predicted octanol–water partition coefficient (Wildman–Crippen LogP) is 2.68. The Balaban J connectivity index is 2.02. The average Bonchev–Trinajstić information content (AvgIpc) is 2.61. The first kappa shape index (κ1) is 18.5. The number of methoxy groups -OCH3 is 1. The largest absolute Gasteiger partial charge is 0.495 e. The molecule has 132 valence electrons. The molecule has 0 spiro atoms. The van der Waals surface area contributed by atoms with Crippen molar-refractivity contribution < 1.29 is 24.2 Å². The number of rotatable bonds is 6. The van der Waals surface area contributed by atoms with E-state index in [2.05, 4.69) is 5.32 Å². The quantitative estimate of drug-likeness (QED) is 0.788. The maximum atomic E-state index is 12.3. The zero-order valence-electron chi connectivity index (χ0n) is 14.4. The fraction of sp³-hybridized carbons (Fsp3) is 0.263. The molecule has 2 aromatic rings. The van der Waals surface area contributed by atoms with Crippen LogP contribution >= 0.6 is 0 Å². The highest BCUT2D eigenvalue weighted by Gasteiger charge is 2.20. The van der Waals surface area contributed by atoms with Gasteiger partial charge < -0.3 is 19.9 Å². The van der Waals surface area contributed by atoms with Gasteiger partial charge in [-0.1, -0.05) is 18.2 Å². The Bertz CT molecular complexity index is 755. The van der Waals surface area contributed by atoms with Gasteiger partial charge in [0, 0.05) is 0 Å². The van der Waals surface area contributed by atoms with E-state index >= 15 is 0 Å². The molecule has 0 aromatic heterocycles. The molecular weight excluding hydrogens is 322 g/mol. The fourth-order valence-electron chi connectivity index (χ4n) is 2.18. The number of benzene rings is 2. The highest BCUT2D eigenvalue weighted by molar-refractivity contribution is 5.98. The summed E-state index contributed by atoms with van der Waals surface area (Å²) in [6.07, 6.45) is -0.977. The Labute approximate surface area is 146 Å². The number of amides is 1. The van der Waals surface area contributed by atoms with Crippen LogP contribution in [0.5, 0.6) is 5.75 Å². The van der Waals surface area contributed by atoms with E-state index in [0.717, 1.165) is 5.56 Å². The standard InChI is InChI=1S/C19H21NO5/c1-12-4-9-17(24-3)16(10-12)20-18(22)13(2)25-19(23)15-7-5-14(11-21)6-8-15/h4-10,13,21H,11H2,1-3H3,(H,20,22). The molecule has 0 fully saturated rings. The van der Waals surface area contributed by atoms with Crippen molar-refractivity contribution in [3.8, 4) is 5.75 Å². The topological polar surface area (TPSA) is 84.9 Å². The highest BCUT2D eigenvalue weighted by atomic mass is 16.5. The van der Waals surface area contributed by atoms with Crippen molar-refractivity contribution >= 4 is 17.6 Å². The summed E-state index contributed by atoms with van der Waals surface area (Å²) in [6, 6.07) is 11.7. The molecule has 6 nitrogen and oxygen atoms in total. The summed E-state index contributed by atoms with van der Waals surface area (Å²) in [7, 11) is 1.51. The normalized spacial score (nSPS) is 11.5. The molecule has 0 bridgehead atoms. The lowest BCUT2D eigenvalue weighted by Crippen LogP contribution is -2.30. The first-order chi connectivity index (χ1) is 11.9. The van der Waals surface area contributed by atoms with Gasteiger partial charge in [-0.25, -0.2) is 4.79 Å². The number of ether oxygens (including phenoxy) is 2. The molecule has 2 aromatic carbocycles. The van der Waals surface area contributed by atoms with Gasteiger partial charge in [0.15, 0.2) is 6.10 Å². The monoisotopic (exact) mass is 343 g/mol. The SMILES string of the molecule is COc1ccc(C)cc1NC(=O)C(C)OC(=O)c1ccc(CO)cc1. The van der Waals surface area contributed by atoms with Crippen LogP contribution in [0.4, 0.5) is 5.69 Å². The summed E-state index contributed by atoms with van der Waals surface area (Å²) in [5.74, 6) is -0.537. The van der Waals surface area contributed by atoms with Crippen LogP contribution < -0.4 is 10.1 Å². The maximum absolute atomic E-state index is 12.3. The van der Waals surface area contributed by atoms with Crippen molar-refractivity contribution in [2.45, 2.75) is 26.6 Å². The van der Waals surface area contributed by atoms with Crippen molar-refractivity contribution in [1.82, 2.24) is 0 Å². The molecule has 0 radical (unpaired) electrons. The molecule has 2 N–H and O–H groups in total. The van der Waals surface area contributed by atoms with Crippen LogP contribution in [0.1, 0.15) is 28.4 Å². The molecule has 0 heterocycles. The van der Waals surface area contributed by atoms with Gasteiger partial charge in [0.25, 0.3) is 5.91 Å². The number of carbonyl (C=O) groups is 2. The second-order valence-electron chi connectivity index (χ2n) is 5.60. The van der Waals surface area contributed by atoms with Crippen molar-refractivity contribution in [2.75, 3.05) is 12.4 Å². The van der Waals surface area contributed by atoms with E-state index in [1.807, 2.05) is 13.0 Å². The third-order valence-electron chi connectivity index (χ3n) is 3.64. The molecule has 25 heavy (non-hydrogen) atoms. The molecule has 0 saturated carbocycles. The number of esters is 1. The van der Waals surface area contributed by atoms with Gasteiger partial charge in [0.2, 0.25) is 0 Å². The summed E-state index contributed by atoms with van der Waals surface area (Å²) >= 11 is 0. The van der Waals surface area contributed by atoms with Crippen LogP contribution in [0, 0.1) is 6.92 Å². The fourth-order valence-corrected chi connectivity index (χ4v) is 2.18. The van der Waals surface area contributed by atoms with Crippen LogP contribution in [-0.4, -0.2) is 30.2 Å². The lowest BCUT2D eigenvalue weighted by Gasteiger charge is -2.15. The van der Waals surface area contributed by atoms with Crippen molar-refractivity contribution in [1.29, 1.82) is 0 Å². The number of anilines is 1. The third-order valence-corrected chi connectivity index (χ3v) is 3.64. The third kappa shape index (κ3) is 4.81. The molecule has 0 aliphatic rings. The van der Waals surface area contributed by atoms with E-state index in [1.54, 1.807) is 36.4 Å². The molecule has 1 amide bonds. The van der Waals surface area contributed by atoms with Gasteiger partial charge >= 0.3 is 5.97 Å². The van der Waals surface area contributed by atoms with Crippen molar-refractivity contribution in [3.05, 3.63) is 59.2 Å². The van der Waals surface area contributed by atoms with Gasteiger partial charge in [-0.2, -0.15) is 0 Å². The number of carbonyl (C=O) groups excluding carboxylic acids is 2. The summed E-state index contributed by atoms with van der Waals surface area (Å²) < 4.78 is 10.4. The minimum absolute atomic E-state index is 0.105. The number of hydrogen-bond donors (Lipinski definition) is 2. The number of hydrogen-bond acceptors (Lipinski definition) is 5. The number of aliphatic hydroxyl groups is 1. The summed E-state index contributed by atoms with van der Waals surface area (Å²) in [4.78, 5) is 24.4. The van der Waals surface area contributed by atoms with Crippen molar-refractivity contribution in [2.24, 2.45) is 0 Å². The lowest BCUT2D eigenvalue weighted by atomic mass is 10.1. The second-order valence-corrected chi connectivity index (χ2v) is 5.60. The predicted molar refractivity (Wildman–Crippen MR) is 93.6 cm³/mol. The zero-order valence-corrected chi connectivity index (χ0v) is 14.4. The first-order valence-electron chi connectivity index (χ1n) is 7.81. The van der Waals surface area contributed by atoms with Crippen LogP contribution in [0.2, 0.25) is 0 Å². The Morgan fingerprint density at radius 2 is 1.84 bits per heavy atom. The number of aliphatic hydroxyl groups excluding tert-OH is 1. The van der Waals surface area contributed by atoms with Crippen LogP contribution in [0.3, 0.4) is 0 Å². The Hall–Kier alpha value is -2.86. The number of nitrogens with one attached hydrogen (secondary N) is 1. The summed E-state index contributed by atoms with van der Waals surface area (Å²) in [5.41, 5.74) is 2.48. The van der Waals surface area contributed by atoms with Crippen molar-refractivity contribution in [3.63, 3.8) is 0 Å². The smallest absolute Gasteiger partial charge is 0.338 e. The molecule has 0 aliphatic heterocycles. The van der Waals surface area contributed by atoms with E-state index in [1.165, 1.54) is 14.0 Å². The molecule has 0 aliphatic carbocycles. The molecule has 1 unspecified atom stereocenters. The summed E-state index contributed by atoms with van der Waals surface area (Å²) in [6.45, 7) is 3.29. The van der Waals surface area contributed by atoms with Gasteiger partial charge in [-0.15, -0.1) is 0 Å². The number of aryl methyl sites for hydroxylation is 1. The Morgan fingerprint density at radius 3 is 2.44 bits per heavy atom. The first-order valence-corrected chi connectivity index (χ1v) is 7.81. The maximum Gasteiger partial charge on any atom is 0.338 e. The van der Waals surface area contributed by atoms with Gasteiger partial charge in [0.1, 0.15) is 5.75 Å². The van der Waals surface area contributed by atoms with Gasteiger partial charge in [-0.3, -0.25) is 4.79 Å². The molecular formula is C19H21NO5. The average molecular weight is 343 g/mol. The van der Waals surface area contributed by atoms with E-state index in [4.69, 9.17) is 14.6 Å². The van der Waals surface area contributed by atoms with Gasteiger partial charge in [0.05, 0.1) is 25.0 Å². The summed E-state index contributed by atoms with van der Waals surface area (Å²) in [5, 5.41) is 11.7. The van der Waals surface area contributed by atoms with E-state index in [-0.39, 0.29) is 6.61 Å². The zero-order chi connectivity index (χ0) is 18.4. The lowest BCUT2D eigenvalue weighted by molar-refractivity contribution is -0.123. The molecule has 6 heteroatoms. The minimum atomic E-state index is -0.977. The van der Waals surface area contributed by atoms with Crippen LogP contribution in [0.25, 0.3) is 0 Å². The van der Waals surface area contributed by atoms with E-state index < -0.39 is 18.0 Å².